The lowest BCUT2D eigenvalue weighted by atomic mass is 9.78. The summed E-state index contributed by atoms with van der Waals surface area (Å²) in [5, 5.41) is 12.0. The van der Waals surface area contributed by atoms with E-state index < -0.39 is 17.8 Å². The average Bonchev–Trinajstić information content (AvgIpc) is 3.03. The SMILES string of the molecule is Cc1ccc(NC(=O)[C@H]2[C@@H]3CC[C@@H](C3)[C@@H]2C(=O)O)cc1F. The molecule has 0 saturated heterocycles. The van der Waals surface area contributed by atoms with Gasteiger partial charge in [-0.1, -0.05) is 6.07 Å². The first-order valence-corrected chi connectivity index (χ1v) is 7.27. The third kappa shape index (κ3) is 2.41. The van der Waals surface area contributed by atoms with Crippen molar-refractivity contribution < 1.29 is 19.1 Å². The molecule has 0 heterocycles. The quantitative estimate of drug-likeness (QED) is 0.900. The fraction of sp³-hybridized carbons (Fsp3) is 0.500. The normalized spacial score (nSPS) is 30.4. The Bertz CT molecular complexity index is 601. The largest absolute Gasteiger partial charge is 0.481 e. The molecule has 0 aliphatic heterocycles. The summed E-state index contributed by atoms with van der Waals surface area (Å²) in [5.74, 6) is -2.40. The van der Waals surface area contributed by atoms with Crippen molar-refractivity contribution in [2.75, 3.05) is 5.32 Å². The molecule has 2 N–H and O–H groups in total. The molecule has 1 aromatic carbocycles. The maximum Gasteiger partial charge on any atom is 0.307 e. The van der Waals surface area contributed by atoms with Gasteiger partial charge in [-0.3, -0.25) is 9.59 Å². The van der Waals surface area contributed by atoms with Gasteiger partial charge in [0.2, 0.25) is 5.91 Å². The standard InChI is InChI=1S/C16H18FNO3/c1-8-2-5-11(7-12(8)17)18-15(19)13-9-3-4-10(6-9)14(13)16(20)21/h2,5,7,9-10,13-14H,3-4,6H2,1H3,(H,18,19)(H,20,21)/t9-,10+,13+,14+/m1/s1. The third-order valence-electron chi connectivity index (χ3n) is 4.94. The molecule has 0 unspecified atom stereocenters. The molecule has 0 radical (unpaired) electrons. The number of carbonyl (C=O) groups is 2. The van der Waals surface area contributed by atoms with Gasteiger partial charge >= 0.3 is 5.97 Å². The molecule has 5 heteroatoms. The van der Waals surface area contributed by atoms with Gasteiger partial charge in [0.25, 0.3) is 0 Å². The van der Waals surface area contributed by atoms with E-state index in [1.54, 1.807) is 19.1 Å². The van der Waals surface area contributed by atoms with Crippen LogP contribution in [-0.2, 0) is 9.59 Å². The summed E-state index contributed by atoms with van der Waals surface area (Å²) >= 11 is 0. The van der Waals surface area contributed by atoms with Crippen molar-refractivity contribution in [1.29, 1.82) is 0 Å². The summed E-state index contributed by atoms with van der Waals surface area (Å²) < 4.78 is 13.5. The van der Waals surface area contributed by atoms with E-state index in [1.165, 1.54) is 6.07 Å². The topological polar surface area (TPSA) is 66.4 Å². The van der Waals surface area contributed by atoms with E-state index >= 15 is 0 Å². The van der Waals surface area contributed by atoms with Crippen LogP contribution >= 0.6 is 0 Å². The molecular weight excluding hydrogens is 273 g/mol. The van der Waals surface area contributed by atoms with Gasteiger partial charge in [0.1, 0.15) is 5.82 Å². The number of anilines is 1. The number of nitrogens with one attached hydrogen (secondary N) is 1. The zero-order valence-electron chi connectivity index (χ0n) is 11.8. The molecule has 4 nitrogen and oxygen atoms in total. The molecule has 2 aliphatic carbocycles. The molecule has 2 fully saturated rings. The van der Waals surface area contributed by atoms with Crippen LogP contribution < -0.4 is 5.32 Å². The molecular formula is C16H18FNO3. The van der Waals surface area contributed by atoms with Gasteiger partial charge in [0.05, 0.1) is 11.8 Å². The number of carboxylic acid groups (broad SMARTS) is 1. The van der Waals surface area contributed by atoms with Crippen LogP contribution in [0, 0.1) is 36.4 Å². The zero-order chi connectivity index (χ0) is 15.1. The van der Waals surface area contributed by atoms with Gasteiger partial charge in [-0.2, -0.15) is 0 Å². The number of halogens is 1. The first-order valence-electron chi connectivity index (χ1n) is 7.27. The highest BCUT2D eigenvalue weighted by atomic mass is 19.1. The predicted octanol–water partition coefficient (Wildman–Crippen LogP) is 2.82. The van der Waals surface area contributed by atoms with Crippen molar-refractivity contribution in [1.82, 2.24) is 0 Å². The number of amides is 1. The van der Waals surface area contributed by atoms with Crippen LogP contribution in [0.25, 0.3) is 0 Å². The molecule has 21 heavy (non-hydrogen) atoms. The lowest BCUT2D eigenvalue weighted by Gasteiger charge is -2.27. The summed E-state index contributed by atoms with van der Waals surface area (Å²) in [6.45, 7) is 1.65. The van der Waals surface area contributed by atoms with Crippen molar-refractivity contribution in [3.05, 3.63) is 29.6 Å². The lowest BCUT2D eigenvalue weighted by molar-refractivity contribution is -0.148. The molecule has 2 aliphatic rings. The van der Waals surface area contributed by atoms with E-state index in [4.69, 9.17) is 0 Å². The number of benzene rings is 1. The number of fused-ring (bicyclic) bond motifs is 2. The van der Waals surface area contributed by atoms with Gasteiger partial charge in [-0.15, -0.1) is 0 Å². The molecule has 2 bridgehead atoms. The van der Waals surface area contributed by atoms with Crippen LogP contribution in [0.2, 0.25) is 0 Å². The highest BCUT2D eigenvalue weighted by Crippen LogP contribution is 2.52. The fourth-order valence-corrected chi connectivity index (χ4v) is 3.92. The minimum Gasteiger partial charge on any atom is -0.481 e. The summed E-state index contributed by atoms with van der Waals surface area (Å²) in [5.41, 5.74) is 0.895. The van der Waals surface area contributed by atoms with E-state index in [1.807, 2.05) is 0 Å². The average molecular weight is 291 g/mol. The number of aliphatic carboxylic acids is 1. The number of carboxylic acids is 1. The molecule has 112 valence electrons. The zero-order valence-corrected chi connectivity index (χ0v) is 11.8. The Labute approximate surface area is 122 Å². The van der Waals surface area contributed by atoms with Gasteiger partial charge < -0.3 is 10.4 Å². The van der Waals surface area contributed by atoms with E-state index in [-0.39, 0.29) is 23.6 Å². The van der Waals surface area contributed by atoms with Crippen molar-refractivity contribution in [2.45, 2.75) is 26.2 Å². The van der Waals surface area contributed by atoms with Crippen molar-refractivity contribution >= 4 is 17.6 Å². The summed E-state index contributed by atoms with van der Waals surface area (Å²) in [6.07, 6.45) is 2.62. The fourth-order valence-electron chi connectivity index (χ4n) is 3.92. The Morgan fingerprint density at radius 2 is 1.90 bits per heavy atom. The second kappa shape index (κ2) is 5.13. The number of hydrogen-bond donors (Lipinski definition) is 2. The summed E-state index contributed by atoms with van der Waals surface area (Å²) in [6, 6.07) is 4.51. The number of hydrogen-bond acceptors (Lipinski definition) is 2. The molecule has 0 spiro atoms. The number of aryl methyl sites for hydroxylation is 1. The minimum atomic E-state index is -0.891. The van der Waals surface area contributed by atoms with Gasteiger partial charge in [-0.25, -0.2) is 4.39 Å². The number of carbonyl (C=O) groups excluding carboxylic acids is 1. The molecule has 1 aromatic rings. The Morgan fingerprint density at radius 3 is 2.52 bits per heavy atom. The van der Waals surface area contributed by atoms with Crippen LogP contribution in [0.1, 0.15) is 24.8 Å². The van der Waals surface area contributed by atoms with Gasteiger partial charge in [0.15, 0.2) is 0 Å². The van der Waals surface area contributed by atoms with Gasteiger partial charge in [0, 0.05) is 5.69 Å². The van der Waals surface area contributed by atoms with Crippen LogP contribution in [0.3, 0.4) is 0 Å². The maximum atomic E-state index is 13.5. The first-order chi connectivity index (χ1) is 9.97. The second-order valence-corrected chi connectivity index (χ2v) is 6.18. The summed E-state index contributed by atoms with van der Waals surface area (Å²) in [7, 11) is 0. The van der Waals surface area contributed by atoms with Crippen LogP contribution in [0.4, 0.5) is 10.1 Å². The van der Waals surface area contributed by atoms with Crippen LogP contribution in [0.15, 0.2) is 18.2 Å². The smallest absolute Gasteiger partial charge is 0.307 e. The Hall–Kier alpha value is -1.91. The Morgan fingerprint density at radius 1 is 1.24 bits per heavy atom. The van der Waals surface area contributed by atoms with Crippen LogP contribution in [0.5, 0.6) is 0 Å². The Balaban J connectivity index is 1.78. The minimum absolute atomic E-state index is 0.109. The van der Waals surface area contributed by atoms with E-state index in [0.29, 0.717) is 11.3 Å². The highest BCUT2D eigenvalue weighted by molar-refractivity contribution is 5.96. The second-order valence-electron chi connectivity index (χ2n) is 6.18. The van der Waals surface area contributed by atoms with E-state index in [0.717, 1.165) is 19.3 Å². The predicted molar refractivity (Wildman–Crippen MR) is 75.2 cm³/mol. The van der Waals surface area contributed by atoms with Crippen LogP contribution in [-0.4, -0.2) is 17.0 Å². The molecule has 2 saturated carbocycles. The third-order valence-corrected chi connectivity index (χ3v) is 4.94. The molecule has 4 atom stereocenters. The maximum absolute atomic E-state index is 13.5. The first kappa shape index (κ1) is 14.0. The summed E-state index contributed by atoms with van der Waals surface area (Å²) in [4.78, 5) is 23.8. The monoisotopic (exact) mass is 291 g/mol. The van der Waals surface area contributed by atoms with E-state index in [2.05, 4.69) is 5.32 Å². The van der Waals surface area contributed by atoms with E-state index in [9.17, 15) is 19.1 Å². The Kier molecular flexibility index (Phi) is 3.43. The highest BCUT2D eigenvalue weighted by Gasteiger charge is 2.53. The van der Waals surface area contributed by atoms with Crippen molar-refractivity contribution in [3.63, 3.8) is 0 Å². The number of rotatable bonds is 3. The lowest BCUT2D eigenvalue weighted by Crippen LogP contribution is -2.37. The van der Waals surface area contributed by atoms with Gasteiger partial charge in [-0.05, 0) is 55.7 Å². The molecule has 0 aromatic heterocycles. The van der Waals surface area contributed by atoms with Crippen molar-refractivity contribution in [3.8, 4) is 0 Å². The van der Waals surface area contributed by atoms with Crippen molar-refractivity contribution in [2.24, 2.45) is 23.7 Å². The molecule has 3 rings (SSSR count). The molecule has 1 amide bonds.